The van der Waals surface area contributed by atoms with Crippen molar-refractivity contribution >= 4 is 11.7 Å². The molecule has 0 unspecified atom stereocenters. The molecule has 0 aliphatic rings. The highest BCUT2D eigenvalue weighted by atomic mass is 16.1. The van der Waals surface area contributed by atoms with Crippen LogP contribution in [0, 0.1) is 0 Å². The Labute approximate surface area is 110 Å². The molecule has 2 aromatic heterocycles. The van der Waals surface area contributed by atoms with Gasteiger partial charge in [-0.2, -0.15) is 5.10 Å². The van der Waals surface area contributed by atoms with E-state index in [2.05, 4.69) is 37.7 Å². The average Bonchev–Trinajstić information content (AvgIpc) is 2.96. The first-order chi connectivity index (χ1) is 9.29. The summed E-state index contributed by atoms with van der Waals surface area (Å²) in [6, 6.07) is 3.40. The van der Waals surface area contributed by atoms with Gasteiger partial charge >= 0.3 is 0 Å². The van der Waals surface area contributed by atoms with Crippen LogP contribution in [0.4, 0.5) is 5.82 Å². The number of pyridine rings is 1. The molecule has 0 aliphatic heterocycles. The van der Waals surface area contributed by atoms with Crippen molar-refractivity contribution in [2.45, 2.75) is 19.9 Å². The van der Waals surface area contributed by atoms with Crippen LogP contribution in [-0.2, 0) is 6.54 Å². The standard InChI is InChI=1S/C12H16N6O/c1-2-4-13-10-6-9(3-5-14-10)12(19)15-7-11-16-8-17-18-11/h3,5-6,8H,2,4,7H2,1H3,(H,13,14)(H,15,19)(H,16,17,18). The lowest BCUT2D eigenvalue weighted by molar-refractivity contribution is 0.0950. The maximum absolute atomic E-state index is 11.9. The maximum atomic E-state index is 11.9. The molecule has 2 heterocycles. The molecule has 7 heteroatoms. The van der Waals surface area contributed by atoms with Gasteiger partial charge in [0.05, 0.1) is 6.54 Å². The van der Waals surface area contributed by atoms with Gasteiger partial charge in [-0.05, 0) is 18.6 Å². The molecule has 2 rings (SSSR count). The fourth-order valence-electron chi connectivity index (χ4n) is 1.50. The van der Waals surface area contributed by atoms with Crippen molar-refractivity contribution in [3.63, 3.8) is 0 Å². The molecular formula is C12H16N6O. The third-order valence-corrected chi connectivity index (χ3v) is 2.46. The lowest BCUT2D eigenvalue weighted by atomic mass is 10.2. The molecule has 0 saturated carbocycles. The van der Waals surface area contributed by atoms with E-state index >= 15 is 0 Å². The molecule has 0 spiro atoms. The van der Waals surface area contributed by atoms with E-state index < -0.39 is 0 Å². The predicted octanol–water partition coefficient (Wildman–Crippen LogP) is 0.952. The van der Waals surface area contributed by atoms with Gasteiger partial charge in [0.25, 0.3) is 5.91 Å². The van der Waals surface area contributed by atoms with E-state index in [-0.39, 0.29) is 5.91 Å². The molecule has 0 bridgehead atoms. The maximum Gasteiger partial charge on any atom is 0.251 e. The molecule has 2 aromatic rings. The smallest absolute Gasteiger partial charge is 0.251 e. The summed E-state index contributed by atoms with van der Waals surface area (Å²) < 4.78 is 0. The quantitative estimate of drug-likeness (QED) is 0.718. The van der Waals surface area contributed by atoms with Gasteiger partial charge in [-0.1, -0.05) is 6.92 Å². The van der Waals surface area contributed by atoms with E-state index in [0.29, 0.717) is 23.8 Å². The summed E-state index contributed by atoms with van der Waals surface area (Å²) in [6.07, 6.45) is 4.02. The molecule has 7 nitrogen and oxygen atoms in total. The van der Waals surface area contributed by atoms with Gasteiger partial charge in [-0.15, -0.1) is 0 Å². The number of carbonyl (C=O) groups is 1. The number of aromatic amines is 1. The Bertz CT molecular complexity index is 525. The Balaban J connectivity index is 1.94. The van der Waals surface area contributed by atoms with Gasteiger partial charge in [0, 0.05) is 18.3 Å². The second kappa shape index (κ2) is 6.48. The summed E-state index contributed by atoms with van der Waals surface area (Å²) in [5.74, 6) is 1.15. The fraction of sp³-hybridized carbons (Fsp3) is 0.333. The molecule has 3 N–H and O–H groups in total. The van der Waals surface area contributed by atoms with Crippen molar-refractivity contribution in [3.8, 4) is 0 Å². The first-order valence-corrected chi connectivity index (χ1v) is 6.12. The lowest BCUT2D eigenvalue weighted by Gasteiger charge is -2.06. The SMILES string of the molecule is CCCNc1cc(C(=O)NCc2ncn[nH]2)ccn1. The number of rotatable bonds is 6. The molecular weight excluding hydrogens is 244 g/mol. The molecule has 0 fully saturated rings. The summed E-state index contributed by atoms with van der Waals surface area (Å²) in [5.41, 5.74) is 0.563. The fourth-order valence-corrected chi connectivity index (χ4v) is 1.50. The van der Waals surface area contributed by atoms with E-state index in [0.717, 1.165) is 13.0 Å². The zero-order valence-electron chi connectivity index (χ0n) is 10.7. The average molecular weight is 260 g/mol. The summed E-state index contributed by atoms with van der Waals surface area (Å²) in [5, 5.41) is 12.3. The first kappa shape index (κ1) is 13.0. The Morgan fingerprint density at radius 2 is 2.32 bits per heavy atom. The number of anilines is 1. The van der Waals surface area contributed by atoms with Gasteiger partial charge in [-0.25, -0.2) is 9.97 Å². The largest absolute Gasteiger partial charge is 0.370 e. The highest BCUT2D eigenvalue weighted by Crippen LogP contribution is 2.06. The van der Waals surface area contributed by atoms with Crippen molar-refractivity contribution in [3.05, 3.63) is 36.0 Å². The topological polar surface area (TPSA) is 95.6 Å². The van der Waals surface area contributed by atoms with Crippen LogP contribution in [0.15, 0.2) is 24.7 Å². The molecule has 0 aromatic carbocycles. The van der Waals surface area contributed by atoms with Crippen molar-refractivity contribution in [2.24, 2.45) is 0 Å². The highest BCUT2D eigenvalue weighted by molar-refractivity contribution is 5.94. The molecule has 0 radical (unpaired) electrons. The van der Waals surface area contributed by atoms with Crippen molar-refractivity contribution in [1.29, 1.82) is 0 Å². The van der Waals surface area contributed by atoms with Crippen LogP contribution < -0.4 is 10.6 Å². The molecule has 0 saturated heterocycles. The van der Waals surface area contributed by atoms with Crippen LogP contribution in [0.5, 0.6) is 0 Å². The predicted molar refractivity (Wildman–Crippen MR) is 70.6 cm³/mol. The zero-order valence-corrected chi connectivity index (χ0v) is 10.7. The number of aromatic nitrogens is 4. The molecule has 19 heavy (non-hydrogen) atoms. The number of nitrogens with one attached hydrogen (secondary N) is 3. The molecule has 0 aliphatic carbocycles. The number of hydrogen-bond donors (Lipinski definition) is 3. The van der Waals surface area contributed by atoms with E-state index in [4.69, 9.17) is 0 Å². The second-order valence-corrected chi connectivity index (χ2v) is 3.97. The number of nitrogens with zero attached hydrogens (tertiary/aromatic N) is 3. The first-order valence-electron chi connectivity index (χ1n) is 6.12. The minimum absolute atomic E-state index is 0.168. The summed E-state index contributed by atoms with van der Waals surface area (Å²) in [4.78, 5) is 20.0. The van der Waals surface area contributed by atoms with E-state index in [1.165, 1.54) is 6.33 Å². The number of H-pyrrole nitrogens is 1. The van der Waals surface area contributed by atoms with E-state index in [1.54, 1.807) is 18.3 Å². The monoisotopic (exact) mass is 260 g/mol. The summed E-state index contributed by atoms with van der Waals surface area (Å²) >= 11 is 0. The zero-order chi connectivity index (χ0) is 13.5. The second-order valence-electron chi connectivity index (χ2n) is 3.97. The number of hydrogen-bond acceptors (Lipinski definition) is 5. The summed E-state index contributed by atoms with van der Waals surface area (Å²) in [6.45, 7) is 3.22. The Morgan fingerprint density at radius 3 is 3.05 bits per heavy atom. The van der Waals surface area contributed by atoms with Crippen molar-refractivity contribution < 1.29 is 4.79 Å². The Kier molecular flexibility index (Phi) is 4.44. The lowest BCUT2D eigenvalue weighted by Crippen LogP contribution is -2.23. The number of carbonyl (C=O) groups excluding carboxylic acids is 1. The van der Waals surface area contributed by atoms with Crippen LogP contribution in [0.3, 0.4) is 0 Å². The normalized spacial score (nSPS) is 10.2. The van der Waals surface area contributed by atoms with Crippen LogP contribution in [0.25, 0.3) is 0 Å². The summed E-state index contributed by atoms with van der Waals surface area (Å²) in [7, 11) is 0. The molecule has 1 amide bonds. The minimum atomic E-state index is -0.168. The molecule has 0 atom stereocenters. The minimum Gasteiger partial charge on any atom is -0.370 e. The third-order valence-electron chi connectivity index (χ3n) is 2.46. The molecule has 100 valence electrons. The van der Waals surface area contributed by atoms with Gasteiger partial charge in [0.15, 0.2) is 0 Å². The Morgan fingerprint density at radius 1 is 1.42 bits per heavy atom. The van der Waals surface area contributed by atoms with Crippen molar-refractivity contribution in [2.75, 3.05) is 11.9 Å². The number of amides is 1. The third kappa shape index (κ3) is 3.77. The van der Waals surface area contributed by atoms with Gasteiger partial charge in [0.2, 0.25) is 0 Å². The van der Waals surface area contributed by atoms with Crippen LogP contribution >= 0.6 is 0 Å². The highest BCUT2D eigenvalue weighted by Gasteiger charge is 2.07. The van der Waals surface area contributed by atoms with Gasteiger partial charge < -0.3 is 10.6 Å². The van der Waals surface area contributed by atoms with Crippen molar-refractivity contribution in [1.82, 2.24) is 25.5 Å². The Hall–Kier alpha value is -2.44. The van der Waals surface area contributed by atoms with Crippen LogP contribution in [0.2, 0.25) is 0 Å². The van der Waals surface area contributed by atoms with Gasteiger partial charge in [0.1, 0.15) is 18.0 Å². The van der Waals surface area contributed by atoms with Crippen LogP contribution in [-0.4, -0.2) is 32.6 Å². The van der Waals surface area contributed by atoms with Gasteiger partial charge in [-0.3, -0.25) is 9.89 Å². The van der Waals surface area contributed by atoms with E-state index in [1.807, 2.05) is 0 Å². The van der Waals surface area contributed by atoms with Crippen LogP contribution in [0.1, 0.15) is 29.5 Å². The van der Waals surface area contributed by atoms with E-state index in [9.17, 15) is 4.79 Å².